The normalized spacial score (nSPS) is 20.0. The zero-order valence-electron chi connectivity index (χ0n) is 13.5. The molecule has 0 aromatic heterocycles. The molecule has 6 nitrogen and oxygen atoms in total. The second-order valence-electron chi connectivity index (χ2n) is 6.52. The van der Waals surface area contributed by atoms with E-state index in [4.69, 9.17) is 9.84 Å². The number of nitrogens with zero attached hydrogens (tertiary/aromatic N) is 2. The number of rotatable bonds is 7. The van der Waals surface area contributed by atoms with Gasteiger partial charge in [0.25, 0.3) is 0 Å². The quantitative estimate of drug-likeness (QED) is 0.757. The summed E-state index contributed by atoms with van der Waals surface area (Å²) in [4.78, 5) is 27.2. The molecule has 0 aliphatic carbocycles. The summed E-state index contributed by atoms with van der Waals surface area (Å²) in [5, 5.41) is 8.99. The van der Waals surface area contributed by atoms with Gasteiger partial charge in [0.15, 0.2) is 6.10 Å². The van der Waals surface area contributed by atoms with Gasteiger partial charge in [0, 0.05) is 26.2 Å². The highest BCUT2D eigenvalue weighted by Crippen LogP contribution is 2.09. The monoisotopic (exact) mass is 300 g/mol. The summed E-state index contributed by atoms with van der Waals surface area (Å²) in [6.45, 7) is 11.4. The smallest absolute Gasteiger partial charge is 0.334 e. The third-order valence-electron chi connectivity index (χ3n) is 3.31. The number of hydrogen-bond donors (Lipinski definition) is 1. The van der Waals surface area contributed by atoms with E-state index in [1.54, 1.807) is 0 Å². The molecule has 0 aromatic rings. The van der Waals surface area contributed by atoms with E-state index in [1.165, 1.54) is 0 Å². The van der Waals surface area contributed by atoms with Crippen LogP contribution in [0.15, 0.2) is 0 Å². The molecule has 1 aliphatic heterocycles. The van der Waals surface area contributed by atoms with Crippen molar-refractivity contribution in [3.63, 3.8) is 0 Å². The number of morpholine rings is 1. The first kappa shape index (κ1) is 17.9. The SMILES string of the molecule is CC(C)CN(CC(C)C)C(=O)CN1CCOC(C(=O)O)C1. The zero-order chi connectivity index (χ0) is 16.0. The third kappa shape index (κ3) is 6.44. The molecule has 1 saturated heterocycles. The summed E-state index contributed by atoms with van der Waals surface area (Å²) in [6, 6.07) is 0. The fourth-order valence-electron chi connectivity index (χ4n) is 2.45. The summed E-state index contributed by atoms with van der Waals surface area (Å²) in [5.74, 6) is -0.0508. The Bertz CT molecular complexity index is 348. The first-order valence-electron chi connectivity index (χ1n) is 7.64. The van der Waals surface area contributed by atoms with E-state index >= 15 is 0 Å². The average Bonchev–Trinajstić information content (AvgIpc) is 2.37. The number of ether oxygens (including phenoxy) is 1. The highest BCUT2D eigenvalue weighted by atomic mass is 16.5. The van der Waals surface area contributed by atoms with Crippen LogP contribution < -0.4 is 0 Å². The van der Waals surface area contributed by atoms with Gasteiger partial charge in [-0.1, -0.05) is 27.7 Å². The number of hydrogen-bond acceptors (Lipinski definition) is 4. The van der Waals surface area contributed by atoms with E-state index in [0.29, 0.717) is 25.0 Å². The highest BCUT2D eigenvalue weighted by molar-refractivity contribution is 5.78. The number of carboxylic acids is 1. The van der Waals surface area contributed by atoms with Crippen molar-refractivity contribution in [3.05, 3.63) is 0 Å². The minimum absolute atomic E-state index is 0.0726. The Labute approximate surface area is 127 Å². The number of carbonyl (C=O) groups is 2. The Balaban J connectivity index is 2.57. The fraction of sp³-hybridized carbons (Fsp3) is 0.867. The molecule has 0 bridgehead atoms. The molecule has 1 atom stereocenters. The van der Waals surface area contributed by atoms with Crippen LogP contribution in [0.4, 0.5) is 0 Å². The molecule has 0 aromatic carbocycles. The largest absolute Gasteiger partial charge is 0.479 e. The molecule has 1 rings (SSSR count). The topological polar surface area (TPSA) is 70.1 Å². The molecule has 1 unspecified atom stereocenters. The van der Waals surface area contributed by atoms with Crippen molar-refractivity contribution < 1.29 is 19.4 Å². The van der Waals surface area contributed by atoms with E-state index in [1.807, 2.05) is 9.80 Å². The summed E-state index contributed by atoms with van der Waals surface area (Å²) in [5.41, 5.74) is 0. The van der Waals surface area contributed by atoms with Crippen molar-refractivity contribution in [2.24, 2.45) is 11.8 Å². The third-order valence-corrected chi connectivity index (χ3v) is 3.31. The maximum absolute atomic E-state index is 12.5. The summed E-state index contributed by atoms with van der Waals surface area (Å²) in [6.07, 6.45) is -0.824. The van der Waals surface area contributed by atoms with E-state index in [0.717, 1.165) is 13.1 Å². The van der Waals surface area contributed by atoms with Gasteiger partial charge >= 0.3 is 5.97 Å². The van der Waals surface area contributed by atoms with Crippen LogP contribution in [0.5, 0.6) is 0 Å². The van der Waals surface area contributed by atoms with Crippen LogP contribution in [0.2, 0.25) is 0 Å². The molecule has 6 heteroatoms. The predicted molar refractivity (Wildman–Crippen MR) is 80.1 cm³/mol. The highest BCUT2D eigenvalue weighted by Gasteiger charge is 2.28. The van der Waals surface area contributed by atoms with Gasteiger partial charge in [-0.2, -0.15) is 0 Å². The molecule has 0 radical (unpaired) electrons. The van der Waals surface area contributed by atoms with Crippen molar-refractivity contribution >= 4 is 11.9 Å². The van der Waals surface area contributed by atoms with Crippen LogP contribution in [0.3, 0.4) is 0 Å². The lowest BCUT2D eigenvalue weighted by atomic mass is 10.1. The second-order valence-corrected chi connectivity index (χ2v) is 6.52. The first-order chi connectivity index (χ1) is 9.79. The lowest BCUT2D eigenvalue weighted by Crippen LogP contribution is -2.50. The molecule has 1 N–H and O–H groups in total. The van der Waals surface area contributed by atoms with E-state index < -0.39 is 12.1 Å². The number of carbonyl (C=O) groups excluding carboxylic acids is 1. The van der Waals surface area contributed by atoms with Gasteiger partial charge in [-0.3, -0.25) is 9.69 Å². The standard InChI is InChI=1S/C15H28N2O4/c1-11(2)7-17(8-12(3)4)14(18)10-16-5-6-21-13(9-16)15(19)20/h11-13H,5-10H2,1-4H3,(H,19,20). The van der Waals surface area contributed by atoms with Crippen molar-refractivity contribution in [2.75, 3.05) is 39.3 Å². The molecular formula is C15H28N2O4. The Morgan fingerprint density at radius 1 is 1.24 bits per heavy atom. The van der Waals surface area contributed by atoms with Crippen LogP contribution in [-0.4, -0.2) is 72.2 Å². The van der Waals surface area contributed by atoms with E-state index in [-0.39, 0.29) is 19.0 Å². The molecule has 122 valence electrons. The summed E-state index contributed by atoms with van der Waals surface area (Å²) in [7, 11) is 0. The minimum atomic E-state index is -0.964. The Morgan fingerprint density at radius 2 is 1.81 bits per heavy atom. The van der Waals surface area contributed by atoms with Gasteiger partial charge in [-0.15, -0.1) is 0 Å². The average molecular weight is 300 g/mol. The van der Waals surface area contributed by atoms with Crippen LogP contribution in [0, 0.1) is 11.8 Å². The zero-order valence-corrected chi connectivity index (χ0v) is 13.5. The van der Waals surface area contributed by atoms with Crippen molar-refractivity contribution in [1.82, 2.24) is 9.80 Å². The molecule has 1 aliphatic rings. The van der Waals surface area contributed by atoms with Crippen molar-refractivity contribution in [1.29, 1.82) is 0 Å². The lowest BCUT2D eigenvalue weighted by molar-refractivity contribution is -0.157. The van der Waals surface area contributed by atoms with Crippen LogP contribution in [0.25, 0.3) is 0 Å². The van der Waals surface area contributed by atoms with Gasteiger partial charge in [0.05, 0.1) is 13.2 Å². The molecule has 21 heavy (non-hydrogen) atoms. The Kier molecular flexibility index (Phi) is 7.11. The molecule has 1 amide bonds. The van der Waals surface area contributed by atoms with Crippen molar-refractivity contribution in [3.8, 4) is 0 Å². The maximum atomic E-state index is 12.5. The van der Waals surface area contributed by atoms with Crippen LogP contribution >= 0.6 is 0 Å². The number of amides is 1. The van der Waals surface area contributed by atoms with Gasteiger partial charge in [0.2, 0.25) is 5.91 Å². The van der Waals surface area contributed by atoms with Crippen LogP contribution in [0.1, 0.15) is 27.7 Å². The number of aliphatic carboxylic acids is 1. The van der Waals surface area contributed by atoms with E-state index in [9.17, 15) is 9.59 Å². The first-order valence-corrected chi connectivity index (χ1v) is 7.64. The minimum Gasteiger partial charge on any atom is -0.479 e. The van der Waals surface area contributed by atoms with E-state index in [2.05, 4.69) is 27.7 Å². The molecule has 0 spiro atoms. The summed E-state index contributed by atoms with van der Waals surface area (Å²) < 4.78 is 5.17. The fourth-order valence-corrected chi connectivity index (χ4v) is 2.45. The summed E-state index contributed by atoms with van der Waals surface area (Å²) >= 11 is 0. The van der Waals surface area contributed by atoms with Gasteiger partial charge in [-0.25, -0.2) is 4.79 Å². The van der Waals surface area contributed by atoms with Gasteiger partial charge < -0.3 is 14.7 Å². The lowest BCUT2D eigenvalue weighted by Gasteiger charge is -2.33. The van der Waals surface area contributed by atoms with Crippen molar-refractivity contribution in [2.45, 2.75) is 33.8 Å². The molecular weight excluding hydrogens is 272 g/mol. The molecule has 1 fully saturated rings. The van der Waals surface area contributed by atoms with Gasteiger partial charge in [0.1, 0.15) is 0 Å². The predicted octanol–water partition coefficient (Wildman–Crippen LogP) is 0.912. The van der Waals surface area contributed by atoms with Gasteiger partial charge in [-0.05, 0) is 11.8 Å². The molecule has 0 saturated carbocycles. The van der Waals surface area contributed by atoms with Crippen LogP contribution in [-0.2, 0) is 14.3 Å². The molecule has 1 heterocycles. The Morgan fingerprint density at radius 3 is 2.29 bits per heavy atom. The maximum Gasteiger partial charge on any atom is 0.334 e. The Hall–Kier alpha value is -1.14. The second kappa shape index (κ2) is 8.34. The number of carboxylic acid groups (broad SMARTS) is 1.